The summed E-state index contributed by atoms with van der Waals surface area (Å²) in [6.45, 7) is 0. The minimum absolute atomic E-state index is 0.0398. The van der Waals surface area contributed by atoms with E-state index in [2.05, 4.69) is 15.9 Å². The van der Waals surface area contributed by atoms with Crippen LogP contribution < -0.4 is 0 Å². The number of benzene rings is 1. The summed E-state index contributed by atoms with van der Waals surface area (Å²) in [6, 6.07) is 4.87. The second kappa shape index (κ2) is 3.42. The van der Waals surface area contributed by atoms with Gasteiger partial charge >= 0.3 is 0 Å². The molecule has 1 aliphatic carbocycles. The van der Waals surface area contributed by atoms with Gasteiger partial charge in [-0.25, -0.2) is 8.42 Å². The third-order valence-corrected chi connectivity index (χ3v) is 6.95. The average molecular weight is 315 g/mol. The molecule has 1 aromatic rings. The second-order valence-electron chi connectivity index (χ2n) is 4.78. The fraction of sp³-hybridized carbons (Fsp3) is 0.417. The molecule has 0 aromatic heterocycles. The van der Waals surface area contributed by atoms with Crippen LogP contribution in [0.5, 0.6) is 0 Å². The molecule has 17 heavy (non-hydrogen) atoms. The van der Waals surface area contributed by atoms with Gasteiger partial charge in [0, 0.05) is 16.5 Å². The quantitative estimate of drug-likeness (QED) is 0.740. The Morgan fingerprint density at radius 3 is 2.53 bits per heavy atom. The highest BCUT2D eigenvalue weighted by atomic mass is 79.9. The highest BCUT2D eigenvalue weighted by Gasteiger charge is 2.54. The van der Waals surface area contributed by atoms with Crippen molar-refractivity contribution in [1.82, 2.24) is 0 Å². The standard InChI is InChI=1S/C12H11BrO3S/c13-8-2-3-9-10(14)7-12(4-1-5-12)17(15,16)11(9)6-8/h2-3,6H,1,4-5,7H2. The van der Waals surface area contributed by atoms with Crippen LogP contribution in [-0.4, -0.2) is 18.9 Å². The summed E-state index contributed by atoms with van der Waals surface area (Å²) in [6.07, 6.45) is 2.29. The Kier molecular flexibility index (Phi) is 2.29. The highest BCUT2D eigenvalue weighted by Crippen LogP contribution is 2.49. The van der Waals surface area contributed by atoms with Gasteiger partial charge in [0.05, 0.1) is 9.64 Å². The van der Waals surface area contributed by atoms with Crippen molar-refractivity contribution in [3.8, 4) is 0 Å². The SMILES string of the molecule is O=C1CC2(CCC2)S(=O)(=O)c2cc(Br)ccc21. The number of Topliss-reactive ketones (excluding diaryl/α,β-unsaturated/α-hetero) is 1. The number of sulfone groups is 1. The first-order valence-electron chi connectivity index (χ1n) is 5.54. The van der Waals surface area contributed by atoms with E-state index in [4.69, 9.17) is 0 Å². The Morgan fingerprint density at radius 2 is 1.94 bits per heavy atom. The first kappa shape index (κ1) is 11.4. The molecule has 1 aliphatic heterocycles. The predicted octanol–water partition coefficient (Wildman–Crippen LogP) is 2.73. The summed E-state index contributed by atoms with van der Waals surface area (Å²) in [4.78, 5) is 12.2. The molecule has 90 valence electrons. The molecule has 0 radical (unpaired) electrons. The van der Waals surface area contributed by atoms with Crippen LogP contribution >= 0.6 is 15.9 Å². The summed E-state index contributed by atoms with van der Waals surface area (Å²) < 4.78 is 25.0. The third kappa shape index (κ3) is 1.38. The van der Waals surface area contributed by atoms with Crippen LogP contribution in [0.4, 0.5) is 0 Å². The van der Waals surface area contributed by atoms with Crippen molar-refractivity contribution < 1.29 is 13.2 Å². The van der Waals surface area contributed by atoms with Crippen LogP contribution in [0.2, 0.25) is 0 Å². The Balaban J connectivity index is 2.29. The minimum atomic E-state index is -3.35. The topological polar surface area (TPSA) is 51.2 Å². The van der Waals surface area contributed by atoms with Crippen molar-refractivity contribution in [2.24, 2.45) is 0 Å². The Hall–Kier alpha value is -0.680. The molecule has 1 aromatic carbocycles. The molecule has 3 rings (SSSR count). The molecule has 0 atom stereocenters. The maximum Gasteiger partial charge on any atom is 0.185 e. The Bertz CT molecular complexity index is 615. The Morgan fingerprint density at radius 1 is 1.24 bits per heavy atom. The molecule has 0 saturated heterocycles. The monoisotopic (exact) mass is 314 g/mol. The van der Waals surface area contributed by atoms with Crippen LogP contribution in [0.25, 0.3) is 0 Å². The van der Waals surface area contributed by atoms with Crippen LogP contribution in [-0.2, 0) is 9.84 Å². The van der Waals surface area contributed by atoms with E-state index in [9.17, 15) is 13.2 Å². The van der Waals surface area contributed by atoms with Gasteiger partial charge in [0.25, 0.3) is 0 Å². The summed E-state index contributed by atoms with van der Waals surface area (Å²) in [5.41, 5.74) is 0.353. The molecule has 0 amide bonds. The first-order valence-corrected chi connectivity index (χ1v) is 7.81. The van der Waals surface area contributed by atoms with Crippen molar-refractivity contribution >= 4 is 31.6 Å². The van der Waals surface area contributed by atoms with E-state index in [-0.39, 0.29) is 17.1 Å². The van der Waals surface area contributed by atoms with Gasteiger partial charge in [-0.2, -0.15) is 0 Å². The predicted molar refractivity (Wildman–Crippen MR) is 66.9 cm³/mol. The van der Waals surface area contributed by atoms with Crippen molar-refractivity contribution in [1.29, 1.82) is 0 Å². The van der Waals surface area contributed by atoms with Crippen LogP contribution in [0, 0.1) is 0 Å². The number of carbonyl (C=O) groups is 1. The third-order valence-electron chi connectivity index (χ3n) is 3.85. The lowest BCUT2D eigenvalue weighted by Crippen LogP contribution is -2.49. The second-order valence-corrected chi connectivity index (χ2v) is 8.01. The van der Waals surface area contributed by atoms with E-state index in [0.717, 1.165) is 6.42 Å². The maximum absolute atomic E-state index is 12.5. The normalized spacial score (nSPS) is 24.2. The van der Waals surface area contributed by atoms with Gasteiger partial charge in [-0.05, 0) is 31.0 Å². The van der Waals surface area contributed by atoms with Gasteiger partial charge in [0.2, 0.25) is 0 Å². The summed E-state index contributed by atoms with van der Waals surface area (Å²) in [5.74, 6) is -0.0398. The maximum atomic E-state index is 12.5. The lowest BCUT2D eigenvalue weighted by Gasteiger charge is -2.43. The van der Waals surface area contributed by atoms with Crippen molar-refractivity contribution in [2.45, 2.75) is 35.3 Å². The number of halogens is 1. The zero-order chi connectivity index (χ0) is 12.3. The van der Waals surface area contributed by atoms with Crippen LogP contribution in [0.15, 0.2) is 27.6 Å². The van der Waals surface area contributed by atoms with Gasteiger partial charge in [-0.15, -0.1) is 0 Å². The molecular weight excluding hydrogens is 304 g/mol. The Labute approximate surface area is 108 Å². The summed E-state index contributed by atoms with van der Waals surface area (Å²) in [7, 11) is -3.35. The fourth-order valence-electron chi connectivity index (χ4n) is 2.68. The number of ketones is 1. The molecule has 1 heterocycles. The largest absolute Gasteiger partial charge is 0.294 e. The number of carbonyl (C=O) groups excluding carboxylic acids is 1. The fourth-order valence-corrected chi connectivity index (χ4v) is 5.56. The first-order chi connectivity index (χ1) is 7.96. The van der Waals surface area contributed by atoms with Crippen LogP contribution in [0.1, 0.15) is 36.0 Å². The number of fused-ring (bicyclic) bond motifs is 1. The smallest absolute Gasteiger partial charge is 0.185 e. The molecule has 0 bridgehead atoms. The lowest BCUT2D eigenvalue weighted by molar-refractivity contribution is 0.0937. The zero-order valence-corrected chi connectivity index (χ0v) is 11.5. The number of hydrogen-bond acceptors (Lipinski definition) is 3. The lowest BCUT2D eigenvalue weighted by atomic mass is 9.79. The van der Waals surface area contributed by atoms with Gasteiger partial charge in [0.15, 0.2) is 15.6 Å². The zero-order valence-electron chi connectivity index (χ0n) is 9.07. The summed E-state index contributed by atoms with van der Waals surface area (Å²) >= 11 is 3.26. The molecule has 1 fully saturated rings. The molecule has 1 saturated carbocycles. The van der Waals surface area contributed by atoms with Gasteiger partial charge < -0.3 is 0 Å². The molecule has 0 unspecified atom stereocenters. The molecular formula is C12H11BrO3S. The molecule has 5 heteroatoms. The van der Waals surface area contributed by atoms with E-state index in [1.165, 1.54) is 0 Å². The van der Waals surface area contributed by atoms with E-state index in [1.807, 2.05) is 0 Å². The number of rotatable bonds is 0. The summed E-state index contributed by atoms with van der Waals surface area (Å²) in [5, 5.41) is 0. The van der Waals surface area contributed by atoms with Crippen molar-refractivity contribution in [3.63, 3.8) is 0 Å². The number of hydrogen-bond donors (Lipinski definition) is 0. The molecule has 0 N–H and O–H groups in total. The van der Waals surface area contributed by atoms with Crippen LogP contribution in [0.3, 0.4) is 0 Å². The minimum Gasteiger partial charge on any atom is -0.294 e. The molecule has 1 spiro atoms. The molecule has 3 nitrogen and oxygen atoms in total. The van der Waals surface area contributed by atoms with Gasteiger partial charge in [0.1, 0.15) is 0 Å². The average Bonchev–Trinajstić information content (AvgIpc) is 2.21. The van der Waals surface area contributed by atoms with E-state index in [0.29, 0.717) is 22.9 Å². The van der Waals surface area contributed by atoms with Crippen molar-refractivity contribution in [2.75, 3.05) is 0 Å². The van der Waals surface area contributed by atoms with E-state index < -0.39 is 14.6 Å². The van der Waals surface area contributed by atoms with E-state index >= 15 is 0 Å². The van der Waals surface area contributed by atoms with Crippen molar-refractivity contribution in [3.05, 3.63) is 28.2 Å². The highest BCUT2D eigenvalue weighted by molar-refractivity contribution is 9.10. The van der Waals surface area contributed by atoms with E-state index in [1.54, 1.807) is 18.2 Å². The van der Waals surface area contributed by atoms with Gasteiger partial charge in [-0.3, -0.25) is 4.79 Å². The molecule has 2 aliphatic rings. The van der Waals surface area contributed by atoms with Gasteiger partial charge in [-0.1, -0.05) is 22.4 Å².